The predicted octanol–water partition coefficient (Wildman–Crippen LogP) is 2.89. The van der Waals surface area contributed by atoms with Crippen molar-refractivity contribution in [1.29, 1.82) is 0 Å². The van der Waals surface area contributed by atoms with E-state index in [1.807, 2.05) is 31.2 Å². The Morgan fingerprint density at radius 1 is 1.21 bits per heavy atom. The summed E-state index contributed by atoms with van der Waals surface area (Å²) in [5, 5.41) is 19.2. The molecule has 1 aliphatic carbocycles. The van der Waals surface area contributed by atoms with Crippen molar-refractivity contribution < 1.29 is 14.3 Å². The number of carbonyl (C=O) groups excluding carboxylic acids is 1. The Morgan fingerprint density at radius 3 is 2.75 bits per heavy atom. The van der Waals surface area contributed by atoms with Crippen molar-refractivity contribution in [1.82, 2.24) is 10.6 Å². The van der Waals surface area contributed by atoms with Crippen LogP contribution in [0.5, 0.6) is 0 Å². The molecule has 3 rings (SSSR count). The number of rotatable bonds is 6. The molecular weight excluding hydrogens is 356 g/mol. The maximum Gasteiger partial charge on any atom is 0.291 e. The zero-order valence-electron chi connectivity index (χ0n) is 16.1. The van der Waals surface area contributed by atoms with Gasteiger partial charge in [0, 0.05) is 18.3 Å². The number of hydrogen-bond acceptors (Lipinski definition) is 4. The van der Waals surface area contributed by atoms with Crippen LogP contribution in [0.15, 0.2) is 52.1 Å². The van der Waals surface area contributed by atoms with Crippen molar-refractivity contribution in [3.8, 4) is 0 Å². The van der Waals surface area contributed by atoms with Crippen LogP contribution in [0.4, 0.5) is 5.69 Å². The van der Waals surface area contributed by atoms with Gasteiger partial charge in [-0.25, -0.2) is 4.99 Å². The van der Waals surface area contributed by atoms with Crippen LogP contribution in [0.1, 0.15) is 48.7 Å². The average Bonchev–Trinajstić information content (AvgIpc) is 3.23. The first-order valence-corrected chi connectivity index (χ1v) is 9.80. The minimum absolute atomic E-state index is 0.170. The average molecular weight is 384 g/mol. The zero-order valence-corrected chi connectivity index (χ0v) is 16.1. The monoisotopic (exact) mass is 384 g/mol. The summed E-state index contributed by atoms with van der Waals surface area (Å²) < 4.78 is 5.12. The highest BCUT2D eigenvalue weighted by atomic mass is 16.3. The van der Waals surface area contributed by atoms with E-state index in [4.69, 9.17) is 4.42 Å². The molecule has 4 N–H and O–H groups in total. The highest BCUT2D eigenvalue weighted by molar-refractivity contribution is 6.02. The Kier molecular flexibility index (Phi) is 7.08. The smallest absolute Gasteiger partial charge is 0.291 e. The van der Waals surface area contributed by atoms with E-state index in [2.05, 4.69) is 20.9 Å². The van der Waals surface area contributed by atoms with Crippen molar-refractivity contribution in [2.45, 2.75) is 51.3 Å². The van der Waals surface area contributed by atoms with E-state index in [0.717, 1.165) is 43.8 Å². The molecule has 0 aliphatic heterocycles. The molecule has 1 aromatic carbocycles. The molecule has 1 aliphatic rings. The van der Waals surface area contributed by atoms with Gasteiger partial charge in [-0.1, -0.05) is 12.1 Å². The molecule has 0 bridgehead atoms. The maximum atomic E-state index is 12.1. The molecule has 0 saturated heterocycles. The number of nitrogens with zero attached hydrogens (tertiary/aromatic N) is 1. The van der Waals surface area contributed by atoms with Gasteiger partial charge in [0.1, 0.15) is 0 Å². The van der Waals surface area contributed by atoms with Crippen molar-refractivity contribution in [3.63, 3.8) is 0 Å². The van der Waals surface area contributed by atoms with Crippen molar-refractivity contribution in [3.05, 3.63) is 54.0 Å². The summed E-state index contributed by atoms with van der Waals surface area (Å²) in [4.78, 5) is 16.8. The van der Waals surface area contributed by atoms with E-state index in [0.29, 0.717) is 18.3 Å². The van der Waals surface area contributed by atoms with Gasteiger partial charge in [0.15, 0.2) is 11.7 Å². The highest BCUT2D eigenvalue weighted by Gasteiger charge is 2.19. The Bertz CT molecular complexity index is 781. The van der Waals surface area contributed by atoms with Crippen molar-refractivity contribution in [2.75, 3.05) is 11.9 Å². The Labute approximate surface area is 165 Å². The van der Waals surface area contributed by atoms with Gasteiger partial charge in [-0.05, 0) is 62.4 Å². The molecule has 7 heteroatoms. The summed E-state index contributed by atoms with van der Waals surface area (Å²) in [6.07, 6.45) is 4.85. The van der Waals surface area contributed by atoms with Gasteiger partial charge in [-0.15, -0.1) is 0 Å². The number of aliphatic hydroxyl groups excluding tert-OH is 1. The minimum atomic E-state index is -0.278. The third-order valence-corrected chi connectivity index (χ3v) is 4.73. The van der Waals surface area contributed by atoms with Crippen LogP contribution in [-0.2, 0) is 6.54 Å². The SMILES string of the molecule is CCNC(=NCc1cccc(NC(=O)c2ccco2)c1)NC1CCC(O)CC1. The molecule has 0 radical (unpaired) electrons. The van der Waals surface area contributed by atoms with Crippen LogP contribution in [-0.4, -0.2) is 35.7 Å². The standard InChI is InChI=1S/C21H28N4O3/c1-2-22-21(25-16-8-10-18(26)11-9-16)23-14-15-5-3-6-17(13-15)24-20(27)19-7-4-12-28-19/h3-7,12-13,16,18,26H,2,8-11,14H2,1H3,(H,24,27)(H2,22,23,25). The molecule has 1 amide bonds. The third kappa shape index (κ3) is 5.85. The lowest BCUT2D eigenvalue weighted by molar-refractivity contribution is 0.0996. The Balaban J connectivity index is 1.60. The second-order valence-electron chi connectivity index (χ2n) is 6.98. The highest BCUT2D eigenvalue weighted by Crippen LogP contribution is 2.18. The van der Waals surface area contributed by atoms with Crippen LogP contribution in [0.25, 0.3) is 0 Å². The first-order valence-electron chi connectivity index (χ1n) is 9.80. The Morgan fingerprint density at radius 2 is 2.04 bits per heavy atom. The van der Waals surface area contributed by atoms with E-state index >= 15 is 0 Å². The summed E-state index contributed by atoms with van der Waals surface area (Å²) in [5.41, 5.74) is 1.70. The van der Waals surface area contributed by atoms with E-state index in [1.54, 1.807) is 12.1 Å². The molecule has 1 aromatic heterocycles. The molecule has 1 fully saturated rings. The normalized spacial score (nSPS) is 19.9. The summed E-state index contributed by atoms with van der Waals surface area (Å²) in [6, 6.07) is 11.3. The molecule has 0 unspecified atom stereocenters. The van der Waals surface area contributed by atoms with Crippen LogP contribution in [0, 0.1) is 0 Å². The maximum absolute atomic E-state index is 12.1. The summed E-state index contributed by atoms with van der Waals surface area (Å²) in [6.45, 7) is 3.31. The third-order valence-electron chi connectivity index (χ3n) is 4.73. The lowest BCUT2D eigenvalue weighted by Crippen LogP contribution is -2.45. The number of carbonyl (C=O) groups is 1. The molecule has 0 atom stereocenters. The number of aliphatic hydroxyl groups is 1. The van der Waals surface area contributed by atoms with Crippen LogP contribution < -0.4 is 16.0 Å². The molecule has 150 valence electrons. The zero-order chi connectivity index (χ0) is 19.8. The molecule has 7 nitrogen and oxygen atoms in total. The minimum Gasteiger partial charge on any atom is -0.459 e. The fourth-order valence-corrected chi connectivity index (χ4v) is 3.25. The molecule has 1 saturated carbocycles. The van der Waals surface area contributed by atoms with E-state index < -0.39 is 0 Å². The number of amides is 1. The molecular formula is C21H28N4O3. The van der Waals surface area contributed by atoms with Gasteiger partial charge in [0.05, 0.1) is 18.9 Å². The number of nitrogens with one attached hydrogen (secondary N) is 3. The number of furan rings is 1. The van der Waals surface area contributed by atoms with Gasteiger partial charge in [-0.3, -0.25) is 4.79 Å². The summed E-state index contributed by atoms with van der Waals surface area (Å²) in [7, 11) is 0. The van der Waals surface area contributed by atoms with Crippen LogP contribution in [0.2, 0.25) is 0 Å². The first-order chi connectivity index (χ1) is 13.6. The van der Waals surface area contributed by atoms with Gasteiger partial charge in [0.25, 0.3) is 5.91 Å². The lowest BCUT2D eigenvalue weighted by Gasteiger charge is -2.27. The van der Waals surface area contributed by atoms with Crippen LogP contribution >= 0.6 is 0 Å². The van der Waals surface area contributed by atoms with Gasteiger partial charge >= 0.3 is 0 Å². The molecule has 0 spiro atoms. The van der Waals surface area contributed by atoms with Gasteiger partial charge < -0.3 is 25.5 Å². The topological polar surface area (TPSA) is 98.9 Å². The summed E-state index contributed by atoms with van der Waals surface area (Å²) >= 11 is 0. The predicted molar refractivity (Wildman–Crippen MR) is 109 cm³/mol. The number of anilines is 1. The van der Waals surface area contributed by atoms with E-state index in [-0.39, 0.29) is 17.8 Å². The second-order valence-corrected chi connectivity index (χ2v) is 6.98. The molecule has 2 aromatic rings. The lowest BCUT2D eigenvalue weighted by atomic mass is 9.93. The quantitative estimate of drug-likeness (QED) is 0.453. The van der Waals surface area contributed by atoms with Gasteiger partial charge in [0.2, 0.25) is 0 Å². The Hall–Kier alpha value is -2.80. The first kappa shape index (κ1) is 19.9. The fourth-order valence-electron chi connectivity index (χ4n) is 3.25. The van der Waals surface area contributed by atoms with Crippen molar-refractivity contribution >= 4 is 17.6 Å². The van der Waals surface area contributed by atoms with Gasteiger partial charge in [-0.2, -0.15) is 0 Å². The molecule has 1 heterocycles. The number of benzene rings is 1. The number of hydrogen-bond donors (Lipinski definition) is 4. The molecule has 28 heavy (non-hydrogen) atoms. The van der Waals surface area contributed by atoms with Crippen molar-refractivity contribution in [2.24, 2.45) is 4.99 Å². The summed E-state index contributed by atoms with van der Waals surface area (Å²) in [5.74, 6) is 0.772. The van der Waals surface area contributed by atoms with E-state index in [9.17, 15) is 9.90 Å². The van der Waals surface area contributed by atoms with E-state index in [1.165, 1.54) is 6.26 Å². The largest absolute Gasteiger partial charge is 0.459 e. The fraction of sp³-hybridized carbons (Fsp3) is 0.429. The number of guanidine groups is 1. The number of aliphatic imine (C=N–C) groups is 1. The van der Waals surface area contributed by atoms with Crippen LogP contribution in [0.3, 0.4) is 0 Å². The second kappa shape index (κ2) is 9.94.